The van der Waals surface area contributed by atoms with Gasteiger partial charge in [0.25, 0.3) is 11.8 Å². The highest BCUT2D eigenvalue weighted by Gasteiger charge is 2.19. The monoisotopic (exact) mass is 400 g/mol. The van der Waals surface area contributed by atoms with Gasteiger partial charge in [-0.1, -0.05) is 30.3 Å². The average Bonchev–Trinajstić information content (AvgIpc) is 3.33. The first kappa shape index (κ1) is 19.7. The summed E-state index contributed by atoms with van der Waals surface area (Å²) in [6.07, 6.45) is 2.13. The van der Waals surface area contributed by atoms with Crippen molar-refractivity contribution < 1.29 is 14.3 Å². The number of amides is 2. The van der Waals surface area contributed by atoms with Gasteiger partial charge in [-0.05, 0) is 66.9 Å². The first-order chi connectivity index (χ1) is 14.7. The molecule has 0 atom stereocenters. The molecular formula is C25H24N2O3. The van der Waals surface area contributed by atoms with Crippen molar-refractivity contribution in [2.45, 2.75) is 19.4 Å². The van der Waals surface area contributed by atoms with E-state index in [1.807, 2.05) is 59.5 Å². The van der Waals surface area contributed by atoms with Crippen molar-refractivity contribution >= 4 is 11.8 Å². The van der Waals surface area contributed by atoms with Crippen LogP contribution in [0.4, 0.5) is 0 Å². The van der Waals surface area contributed by atoms with Crippen LogP contribution < -0.4 is 10.1 Å². The molecule has 0 bridgehead atoms. The van der Waals surface area contributed by atoms with Crippen LogP contribution in [-0.4, -0.2) is 29.8 Å². The highest BCUT2D eigenvalue weighted by Crippen LogP contribution is 2.21. The van der Waals surface area contributed by atoms with Crippen molar-refractivity contribution in [2.75, 3.05) is 13.1 Å². The fraction of sp³-hybridized carbons (Fsp3) is 0.200. The minimum Gasteiger partial charge on any atom is -0.457 e. The first-order valence-electron chi connectivity index (χ1n) is 10.2. The first-order valence-corrected chi connectivity index (χ1v) is 10.2. The minimum absolute atomic E-state index is 0.0645. The van der Waals surface area contributed by atoms with E-state index in [1.54, 1.807) is 24.3 Å². The van der Waals surface area contributed by atoms with Gasteiger partial charge in [0.1, 0.15) is 11.5 Å². The zero-order valence-electron chi connectivity index (χ0n) is 16.7. The van der Waals surface area contributed by atoms with Crippen LogP contribution in [0.15, 0.2) is 78.9 Å². The Bertz CT molecular complexity index is 1010. The number of hydrogen-bond donors (Lipinski definition) is 1. The van der Waals surface area contributed by atoms with Crippen LogP contribution in [0.25, 0.3) is 0 Å². The second kappa shape index (κ2) is 9.27. The molecule has 0 unspecified atom stereocenters. The summed E-state index contributed by atoms with van der Waals surface area (Å²) in [6, 6.07) is 24.0. The van der Waals surface area contributed by atoms with Crippen LogP contribution in [0, 0.1) is 0 Å². The zero-order valence-corrected chi connectivity index (χ0v) is 16.7. The van der Waals surface area contributed by atoms with Crippen LogP contribution in [0.5, 0.6) is 11.5 Å². The summed E-state index contributed by atoms with van der Waals surface area (Å²) in [5, 5.41) is 2.92. The highest BCUT2D eigenvalue weighted by molar-refractivity contribution is 5.95. The lowest BCUT2D eigenvalue weighted by Crippen LogP contribution is -2.28. The molecule has 0 aromatic heterocycles. The molecule has 3 aromatic rings. The number of ether oxygens (including phenoxy) is 1. The molecule has 1 fully saturated rings. The van der Waals surface area contributed by atoms with Crippen LogP contribution in [-0.2, 0) is 6.54 Å². The number of rotatable bonds is 6. The third kappa shape index (κ3) is 4.87. The summed E-state index contributed by atoms with van der Waals surface area (Å²) in [5.41, 5.74) is 2.13. The van der Waals surface area contributed by atoms with Crippen LogP contribution in [0.3, 0.4) is 0 Å². The fourth-order valence-corrected chi connectivity index (χ4v) is 3.50. The molecule has 1 heterocycles. The maximum atomic E-state index is 12.5. The van der Waals surface area contributed by atoms with E-state index in [4.69, 9.17) is 4.74 Å². The lowest BCUT2D eigenvalue weighted by atomic mass is 10.1. The van der Waals surface area contributed by atoms with Gasteiger partial charge in [-0.3, -0.25) is 9.59 Å². The molecule has 152 valence electrons. The lowest BCUT2D eigenvalue weighted by Gasteiger charge is -2.15. The predicted octanol–water partition coefficient (Wildman–Crippen LogP) is 4.64. The van der Waals surface area contributed by atoms with Crippen molar-refractivity contribution in [1.29, 1.82) is 0 Å². The van der Waals surface area contributed by atoms with E-state index in [1.165, 1.54) is 0 Å². The quantitative estimate of drug-likeness (QED) is 0.656. The van der Waals surface area contributed by atoms with Crippen LogP contribution >= 0.6 is 0 Å². The molecule has 1 N–H and O–H groups in total. The molecular weight excluding hydrogens is 376 g/mol. The molecule has 2 amide bonds. The maximum absolute atomic E-state index is 12.5. The number of carbonyl (C=O) groups excluding carboxylic acids is 2. The maximum Gasteiger partial charge on any atom is 0.253 e. The number of carbonyl (C=O) groups is 2. The standard InChI is InChI=1S/C25H24N2O3/c28-24(20-11-13-23(14-12-20)30-22-9-2-1-3-10-22)26-18-19-7-6-8-21(17-19)25(29)27-15-4-5-16-27/h1-3,6-14,17H,4-5,15-16,18H2,(H,26,28). The molecule has 1 aliphatic heterocycles. The number of hydrogen-bond acceptors (Lipinski definition) is 3. The van der Waals surface area contributed by atoms with Gasteiger partial charge in [0.05, 0.1) is 0 Å². The summed E-state index contributed by atoms with van der Waals surface area (Å²) in [7, 11) is 0. The average molecular weight is 400 g/mol. The number of nitrogens with zero attached hydrogens (tertiary/aromatic N) is 1. The molecule has 30 heavy (non-hydrogen) atoms. The van der Waals surface area contributed by atoms with Crippen molar-refractivity contribution in [2.24, 2.45) is 0 Å². The molecule has 1 saturated heterocycles. The van der Waals surface area contributed by atoms with Crippen molar-refractivity contribution in [3.05, 3.63) is 95.6 Å². The Hall–Kier alpha value is -3.60. The summed E-state index contributed by atoms with van der Waals surface area (Å²) < 4.78 is 5.75. The van der Waals surface area contributed by atoms with Gasteiger partial charge in [-0.25, -0.2) is 0 Å². The largest absolute Gasteiger partial charge is 0.457 e. The van der Waals surface area contributed by atoms with Gasteiger partial charge in [-0.2, -0.15) is 0 Å². The lowest BCUT2D eigenvalue weighted by molar-refractivity contribution is 0.0792. The van der Waals surface area contributed by atoms with Crippen LogP contribution in [0.1, 0.15) is 39.1 Å². The smallest absolute Gasteiger partial charge is 0.253 e. The SMILES string of the molecule is O=C(NCc1cccc(C(=O)N2CCCC2)c1)c1ccc(Oc2ccccc2)cc1. The van der Waals surface area contributed by atoms with Crippen molar-refractivity contribution in [3.8, 4) is 11.5 Å². The molecule has 0 radical (unpaired) electrons. The number of para-hydroxylation sites is 1. The van der Waals surface area contributed by atoms with Gasteiger partial charge in [0.15, 0.2) is 0 Å². The van der Waals surface area contributed by atoms with E-state index in [0.29, 0.717) is 23.4 Å². The molecule has 0 spiro atoms. The molecule has 3 aromatic carbocycles. The topological polar surface area (TPSA) is 58.6 Å². The van der Waals surface area contributed by atoms with E-state index in [-0.39, 0.29) is 11.8 Å². The molecule has 1 aliphatic rings. The highest BCUT2D eigenvalue weighted by atomic mass is 16.5. The number of benzene rings is 3. The van der Waals surface area contributed by atoms with Gasteiger partial charge in [0, 0.05) is 30.8 Å². The third-order valence-corrected chi connectivity index (χ3v) is 5.12. The van der Waals surface area contributed by atoms with Crippen molar-refractivity contribution in [1.82, 2.24) is 10.2 Å². The minimum atomic E-state index is -0.169. The molecule has 0 aliphatic carbocycles. The van der Waals surface area contributed by atoms with E-state index >= 15 is 0 Å². The fourth-order valence-electron chi connectivity index (χ4n) is 3.50. The molecule has 5 nitrogen and oxygen atoms in total. The molecule has 5 heteroatoms. The molecule has 0 saturated carbocycles. The van der Waals surface area contributed by atoms with E-state index in [2.05, 4.69) is 5.32 Å². The Kier molecular flexibility index (Phi) is 6.09. The van der Waals surface area contributed by atoms with Crippen molar-refractivity contribution in [3.63, 3.8) is 0 Å². The normalized spacial score (nSPS) is 13.1. The van der Waals surface area contributed by atoms with Crippen LogP contribution in [0.2, 0.25) is 0 Å². The number of nitrogens with one attached hydrogen (secondary N) is 1. The van der Waals surface area contributed by atoms with Gasteiger partial charge in [0.2, 0.25) is 0 Å². The summed E-state index contributed by atoms with van der Waals surface area (Å²) in [6.45, 7) is 2.01. The summed E-state index contributed by atoms with van der Waals surface area (Å²) >= 11 is 0. The second-order valence-electron chi connectivity index (χ2n) is 7.32. The second-order valence-corrected chi connectivity index (χ2v) is 7.32. The summed E-state index contributed by atoms with van der Waals surface area (Å²) in [4.78, 5) is 26.9. The molecule has 4 rings (SSSR count). The van der Waals surface area contributed by atoms with Gasteiger partial charge < -0.3 is 15.0 Å². The van der Waals surface area contributed by atoms with E-state index < -0.39 is 0 Å². The Balaban J connectivity index is 1.34. The van der Waals surface area contributed by atoms with Gasteiger partial charge >= 0.3 is 0 Å². The Morgan fingerprint density at radius 1 is 0.800 bits per heavy atom. The van der Waals surface area contributed by atoms with E-state index in [0.717, 1.165) is 37.2 Å². The predicted molar refractivity (Wildman–Crippen MR) is 116 cm³/mol. The summed E-state index contributed by atoms with van der Waals surface area (Å²) in [5.74, 6) is 1.32. The zero-order chi connectivity index (χ0) is 20.8. The Morgan fingerprint density at radius 3 is 2.23 bits per heavy atom. The van der Waals surface area contributed by atoms with Gasteiger partial charge in [-0.15, -0.1) is 0 Å². The Labute approximate surface area is 176 Å². The number of likely N-dealkylation sites (tertiary alicyclic amines) is 1. The third-order valence-electron chi connectivity index (χ3n) is 5.12. The van der Waals surface area contributed by atoms with E-state index in [9.17, 15) is 9.59 Å². The Morgan fingerprint density at radius 2 is 1.50 bits per heavy atom.